The van der Waals surface area contributed by atoms with Crippen LogP contribution in [-0.2, 0) is 12.6 Å². The minimum atomic E-state index is -4.67. The van der Waals surface area contributed by atoms with Gasteiger partial charge in [0.15, 0.2) is 5.06 Å². The number of amides is 1. The molecular formula is C25H27F3N6O2S. The zero-order valence-electron chi connectivity index (χ0n) is 20.5. The number of piperazine rings is 1. The second-order valence-electron chi connectivity index (χ2n) is 8.98. The van der Waals surface area contributed by atoms with E-state index in [0.717, 1.165) is 67.1 Å². The molecule has 2 aliphatic rings. The molecule has 2 aromatic heterocycles. The van der Waals surface area contributed by atoms with E-state index in [1.807, 2.05) is 19.1 Å². The maximum absolute atomic E-state index is 13.9. The molecule has 5 rings (SSSR count). The van der Waals surface area contributed by atoms with E-state index in [4.69, 9.17) is 4.74 Å². The van der Waals surface area contributed by atoms with Crippen molar-refractivity contribution in [1.82, 2.24) is 20.2 Å². The number of benzene rings is 1. The van der Waals surface area contributed by atoms with Crippen LogP contribution in [0.15, 0.2) is 30.5 Å². The molecule has 1 amide bonds. The van der Waals surface area contributed by atoms with Gasteiger partial charge in [0, 0.05) is 43.8 Å². The molecule has 196 valence electrons. The van der Waals surface area contributed by atoms with E-state index >= 15 is 0 Å². The summed E-state index contributed by atoms with van der Waals surface area (Å²) < 4.78 is 47.2. The van der Waals surface area contributed by atoms with Gasteiger partial charge in [0.25, 0.3) is 5.91 Å². The number of nitrogens with zero attached hydrogens (tertiary/aromatic N) is 4. The van der Waals surface area contributed by atoms with Crippen LogP contribution in [0.25, 0.3) is 10.6 Å². The van der Waals surface area contributed by atoms with Gasteiger partial charge in [-0.25, -0.2) is 9.97 Å². The van der Waals surface area contributed by atoms with Gasteiger partial charge in [-0.3, -0.25) is 4.79 Å². The number of hydrogen-bond donors (Lipinski definition) is 2. The highest BCUT2D eigenvalue weighted by Crippen LogP contribution is 2.43. The minimum absolute atomic E-state index is 0.0408. The molecule has 1 saturated heterocycles. The number of carbonyl (C=O) groups excluding carboxylic acids is 1. The van der Waals surface area contributed by atoms with Gasteiger partial charge in [-0.1, -0.05) is 18.3 Å². The van der Waals surface area contributed by atoms with Crippen LogP contribution >= 0.6 is 11.3 Å². The lowest BCUT2D eigenvalue weighted by Crippen LogP contribution is -2.44. The fraction of sp³-hybridized carbons (Fsp3) is 0.400. The number of nitrogens with one attached hydrogen (secondary N) is 2. The molecule has 0 radical (unpaired) electrons. The van der Waals surface area contributed by atoms with Gasteiger partial charge in [-0.2, -0.15) is 13.2 Å². The van der Waals surface area contributed by atoms with Crippen molar-refractivity contribution in [3.8, 4) is 15.6 Å². The van der Waals surface area contributed by atoms with Crippen LogP contribution in [0.5, 0.6) is 5.06 Å². The fourth-order valence-corrected chi connectivity index (χ4v) is 5.41. The highest BCUT2D eigenvalue weighted by molar-refractivity contribution is 7.17. The highest BCUT2D eigenvalue weighted by atomic mass is 32.1. The molecule has 3 aromatic rings. The summed E-state index contributed by atoms with van der Waals surface area (Å²) in [4.78, 5) is 25.3. The van der Waals surface area contributed by atoms with Gasteiger partial charge in [0.2, 0.25) is 5.95 Å². The molecule has 4 heterocycles. The molecule has 0 unspecified atom stereocenters. The minimum Gasteiger partial charge on any atom is -0.481 e. The molecular weight excluding hydrogens is 505 g/mol. The van der Waals surface area contributed by atoms with Crippen molar-refractivity contribution in [2.45, 2.75) is 19.5 Å². The fourth-order valence-electron chi connectivity index (χ4n) is 4.37. The van der Waals surface area contributed by atoms with E-state index in [9.17, 15) is 18.0 Å². The van der Waals surface area contributed by atoms with Crippen LogP contribution in [0.3, 0.4) is 0 Å². The first kappa shape index (κ1) is 25.3. The maximum atomic E-state index is 13.9. The predicted molar refractivity (Wildman–Crippen MR) is 137 cm³/mol. The Bertz CT molecular complexity index is 1300. The quantitative estimate of drug-likeness (QED) is 0.504. The lowest BCUT2D eigenvalue weighted by Gasteiger charge is -2.34. The number of aromatic nitrogens is 2. The molecule has 2 N–H and O–H groups in total. The third-order valence-corrected chi connectivity index (χ3v) is 7.53. The molecule has 1 fully saturated rings. The number of alkyl halides is 3. The van der Waals surface area contributed by atoms with Crippen molar-refractivity contribution in [2.75, 3.05) is 56.6 Å². The van der Waals surface area contributed by atoms with Crippen molar-refractivity contribution in [3.05, 3.63) is 47.2 Å². The molecule has 0 saturated carbocycles. The molecule has 0 spiro atoms. The monoisotopic (exact) mass is 532 g/mol. The van der Waals surface area contributed by atoms with Gasteiger partial charge in [0.1, 0.15) is 12.2 Å². The summed E-state index contributed by atoms with van der Waals surface area (Å²) in [7, 11) is 2.11. The van der Waals surface area contributed by atoms with Gasteiger partial charge < -0.3 is 25.2 Å². The van der Waals surface area contributed by atoms with E-state index < -0.39 is 11.7 Å². The lowest BCUT2D eigenvalue weighted by atomic mass is 10.1. The number of hydrogen-bond acceptors (Lipinski definition) is 8. The second kappa shape index (κ2) is 10.2. The molecule has 0 bridgehead atoms. The largest absolute Gasteiger partial charge is 0.481 e. The van der Waals surface area contributed by atoms with E-state index in [-0.39, 0.29) is 39.7 Å². The van der Waals surface area contributed by atoms with Gasteiger partial charge in [-0.05, 0) is 43.3 Å². The molecule has 12 heteroatoms. The first-order valence-corrected chi connectivity index (χ1v) is 12.9. The summed E-state index contributed by atoms with van der Waals surface area (Å²) in [6.45, 7) is 6.44. The maximum Gasteiger partial charge on any atom is 0.420 e. The summed E-state index contributed by atoms with van der Waals surface area (Å²) in [5, 5.41) is 6.05. The zero-order chi connectivity index (χ0) is 26.2. The number of ether oxygens (including phenoxy) is 1. The topological polar surface area (TPSA) is 82.6 Å². The number of carbonyl (C=O) groups is 1. The number of aryl methyl sites for hydroxylation is 1. The predicted octanol–water partition coefficient (Wildman–Crippen LogP) is 4.40. The number of thiophene rings is 1. The Morgan fingerprint density at radius 1 is 1.19 bits per heavy atom. The highest BCUT2D eigenvalue weighted by Gasteiger charge is 2.36. The Morgan fingerprint density at radius 3 is 2.70 bits per heavy atom. The summed E-state index contributed by atoms with van der Waals surface area (Å²) >= 11 is 0.966. The summed E-state index contributed by atoms with van der Waals surface area (Å²) in [6, 6.07) is 7.41. The van der Waals surface area contributed by atoms with Crippen LogP contribution < -0.4 is 20.3 Å². The first-order valence-electron chi connectivity index (χ1n) is 12.1. The smallest absolute Gasteiger partial charge is 0.420 e. The standard InChI is InChI=1S/C25H27F3N6O2S/c1-3-15-12-16(34-9-7-33(2)8-10-34)4-5-19(15)31-24-30-14-18(25(26,27)28)21(32-24)20-13-17-22(35)29-6-11-36-23(17)37-20/h4-5,12-14H,3,6-11H2,1-2H3,(H,29,35)(H,30,31,32). The SMILES string of the molecule is CCc1cc(N2CCN(C)CC2)ccc1Nc1ncc(C(F)(F)F)c(-c2cc3c(s2)OCCNC3=O)n1. The molecule has 0 aliphatic carbocycles. The average molecular weight is 533 g/mol. The van der Waals surface area contributed by atoms with Gasteiger partial charge in [-0.15, -0.1) is 0 Å². The summed E-state index contributed by atoms with van der Waals surface area (Å²) in [6.07, 6.45) is -3.17. The van der Waals surface area contributed by atoms with Crippen molar-refractivity contribution in [1.29, 1.82) is 0 Å². The van der Waals surface area contributed by atoms with Gasteiger partial charge in [0.05, 0.1) is 22.7 Å². The van der Waals surface area contributed by atoms with Crippen molar-refractivity contribution in [3.63, 3.8) is 0 Å². The Balaban J connectivity index is 1.47. The molecule has 0 atom stereocenters. The van der Waals surface area contributed by atoms with Crippen molar-refractivity contribution < 1.29 is 22.7 Å². The van der Waals surface area contributed by atoms with Crippen LogP contribution in [0.2, 0.25) is 0 Å². The van der Waals surface area contributed by atoms with E-state index in [1.165, 1.54) is 6.07 Å². The molecule has 8 nitrogen and oxygen atoms in total. The van der Waals surface area contributed by atoms with Crippen LogP contribution in [-0.4, -0.2) is 67.2 Å². The third kappa shape index (κ3) is 5.35. The number of rotatable bonds is 5. The Hall–Kier alpha value is -3.38. The van der Waals surface area contributed by atoms with Crippen molar-refractivity contribution >= 4 is 34.6 Å². The van der Waals surface area contributed by atoms with E-state index in [2.05, 4.69) is 43.5 Å². The first-order chi connectivity index (χ1) is 17.7. The number of likely N-dealkylation sites (N-methyl/N-ethyl adjacent to an activating group) is 1. The van der Waals surface area contributed by atoms with Gasteiger partial charge >= 0.3 is 6.18 Å². The average Bonchev–Trinajstić information content (AvgIpc) is 3.23. The molecule has 1 aromatic carbocycles. The van der Waals surface area contributed by atoms with E-state index in [0.29, 0.717) is 6.54 Å². The number of anilines is 3. The Kier molecular flexibility index (Phi) is 6.95. The molecule has 37 heavy (non-hydrogen) atoms. The second-order valence-corrected chi connectivity index (χ2v) is 9.99. The van der Waals surface area contributed by atoms with E-state index in [1.54, 1.807) is 0 Å². The summed E-state index contributed by atoms with van der Waals surface area (Å²) in [5.74, 6) is -0.344. The summed E-state index contributed by atoms with van der Waals surface area (Å²) in [5.41, 5.74) is 1.78. The normalized spacial score (nSPS) is 16.6. The lowest BCUT2D eigenvalue weighted by molar-refractivity contribution is -0.137. The third-order valence-electron chi connectivity index (χ3n) is 6.48. The molecule has 2 aliphatic heterocycles. The Labute approximate surface area is 216 Å². The number of halogens is 3. The Morgan fingerprint density at radius 2 is 1.97 bits per heavy atom. The van der Waals surface area contributed by atoms with Crippen LogP contribution in [0, 0.1) is 0 Å². The van der Waals surface area contributed by atoms with Crippen molar-refractivity contribution in [2.24, 2.45) is 0 Å². The number of fused-ring (bicyclic) bond motifs is 1. The van der Waals surface area contributed by atoms with Crippen LogP contribution in [0.4, 0.5) is 30.5 Å². The van der Waals surface area contributed by atoms with Crippen LogP contribution in [0.1, 0.15) is 28.4 Å². The zero-order valence-corrected chi connectivity index (χ0v) is 21.3.